The number of aryl methyl sites for hydroxylation is 1. The molecule has 1 aromatic carbocycles. The Morgan fingerprint density at radius 2 is 1.89 bits per heavy atom. The van der Waals surface area contributed by atoms with Crippen LogP contribution in [-0.4, -0.2) is 25.3 Å². The number of sulfonamides is 1. The highest BCUT2D eigenvalue weighted by molar-refractivity contribution is 7.89. The van der Waals surface area contributed by atoms with Gasteiger partial charge < -0.3 is 5.73 Å². The quantitative estimate of drug-likeness (QED) is 0.817. The first kappa shape index (κ1) is 16.0. The number of rotatable bonds is 6. The highest BCUT2D eigenvalue weighted by atomic mass is 32.2. The second-order valence-corrected chi connectivity index (χ2v) is 6.57. The summed E-state index contributed by atoms with van der Waals surface area (Å²) < 4.78 is 26.7. The monoisotopic (exact) mass is 284 g/mol. The van der Waals surface area contributed by atoms with Gasteiger partial charge in [0.2, 0.25) is 10.0 Å². The summed E-state index contributed by atoms with van der Waals surface area (Å²) in [7, 11) is -3.46. The highest BCUT2D eigenvalue weighted by Crippen LogP contribution is 2.23. The number of nitrogens with zero attached hydrogens (tertiary/aromatic N) is 1. The van der Waals surface area contributed by atoms with E-state index in [9.17, 15) is 8.42 Å². The standard InChI is InChI=1S/C14H24N2O2S/c1-5-11(4)16(7-3)19(17,18)13-9-8-12(6-2)14(15)10-13/h8-11H,5-7,15H2,1-4H3. The van der Waals surface area contributed by atoms with Crippen LogP contribution in [-0.2, 0) is 16.4 Å². The molecular weight excluding hydrogens is 260 g/mol. The fraction of sp³-hybridized carbons (Fsp3) is 0.571. The van der Waals surface area contributed by atoms with E-state index in [1.54, 1.807) is 18.2 Å². The lowest BCUT2D eigenvalue weighted by Gasteiger charge is -2.26. The van der Waals surface area contributed by atoms with Gasteiger partial charge in [0.15, 0.2) is 0 Å². The normalized spacial score (nSPS) is 13.7. The maximum Gasteiger partial charge on any atom is 0.243 e. The van der Waals surface area contributed by atoms with E-state index in [2.05, 4.69) is 0 Å². The Morgan fingerprint density at radius 1 is 1.26 bits per heavy atom. The Bertz CT molecular complexity index is 526. The lowest BCUT2D eigenvalue weighted by Crippen LogP contribution is -2.38. The van der Waals surface area contributed by atoms with Crippen molar-refractivity contribution in [2.75, 3.05) is 12.3 Å². The topological polar surface area (TPSA) is 63.4 Å². The summed E-state index contributed by atoms with van der Waals surface area (Å²) in [6.45, 7) is 8.22. The van der Waals surface area contributed by atoms with E-state index >= 15 is 0 Å². The molecular formula is C14H24N2O2S. The van der Waals surface area contributed by atoms with Gasteiger partial charge in [-0.3, -0.25) is 0 Å². The first-order valence-electron chi connectivity index (χ1n) is 6.78. The fourth-order valence-electron chi connectivity index (χ4n) is 2.11. The maximum absolute atomic E-state index is 12.6. The molecule has 1 unspecified atom stereocenters. The Kier molecular flexibility index (Phi) is 5.38. The van der Waals surface area contributed by atoms with E-state index in [0.29, 0.717) is 12.2 Å². The van der Waals surface area contributed by atoms with Crippen molar-refractivity contribution in [1.29, 1.82) is 0 Å². The van der Waals surface area contributed by atoms with Crippen LogP contribution < -0.4 is 5.73 Å². The highest BCUT2D eigenvalue weighted by Gasteiger charge is 2.27. The van der Waals surface area contributed by atoms with E-state index in [1.807, 2.05) is 27.7 Å². The van der Waals surface area contributed by atoms with Crippen LogP contribution in [0, 0.1) is 0 Å². The lowest BCUT2D eigenvalue weighted by atomic mass is 10.1. The molecule has 4 nitrogen and oxygen atoms in total. The van der Waals surface area contributed by atoms with Crippen molar-refractivity contribution >= 4 is 15.7 Å². The Balaban J connectivity index is 3.22. The molecule has 1 atom stereocenters. The van der Waals surface area contributed by atoms with Crippen molar-refractivity contribution in [3.63, 3.8) is 0 Å². The first-order valence-corrected chi connectivity index (χ1v) is 8.22. The van der Waals surface area contributed by atoms with E-state index < -0.39 is 10.0 Å². The van der Waals surface area contributed by atoms with E-state index in [4.69, 9.17) is 5.73 Å². The molecule has 19 heavy (non-hydrogen) atoms. The second kappa shape index (κ2) is 6.39. The van der Waals surface area contributed by atoms with E-state index in [1.165, 1.54) is 4.31 Å². The van der Waals surface area contributed by atoms with Crippen molar-refractivity contribution in [1.82, 2.24) is 4.31 Å². The molecule has 0 amide bonds. The molecule has 0 bridgehead atoms. The molecule has 0 aliphatic rings. The number of hydrogen-bond acceptors (Lipinski definition) is 3. The largest absolute Gasteiger partial charge is 0.398 e. The van der Waals surface area contributed by atoms with Gasteiger partial charge in [0, 0.05) is 18.3 Å². The maximum atomic E-state index is 12.6. The second-order valence-electron chi connectivity index (χ2n) is 4.68. The van der Waals surface area contributed by atoms with Crippen molar-refractivity contribution in [2.45, 2.75) is 51.5 Å². The van der Waals surface area contributed by atoms with Crippen molar-refractivity contribution < 1.29 is 8.42 Å². The third kappa shape index (κ3) is 3.28. The number of nitrogens with two attached hydrogens (primary N) is 1. The number of hydrogen-bond donors (Lipinski definition) is 1. The van der Waals surface area contributed by atoms with Crippen molar-refractivity contribution in [2.24, 2.45) is 0 Å². The van der Waals surface area contributed by atoms with Crippen LogP contribution in [0.4, 0.5) is 5.69 Å². The molecule has 0 saturated carbocycles. The van der Waals surface area contributed by atoms with Gasteiger partial charge in [-0.05, 0) is 37.5 Å². The van der Waals surface area contributed by atoms with Crippen LogP contribution in [0.25, 0.3) is 0 Å². The van der Waals surface area contributed by atoms with Crippen LogP contribution in [0.15, 0.2) is 23.1 Å². The van der Waals surface area contributed by atoms with Gasteiger partial charge >= 0.3 is 0 Å². The summed E-state index contributed by atoms with van der Waals surface area (Å²) >= 11 is 0. The molecule has 0 aliphatic carbocycles. The zero-order valence-corrected chi connectivity index (χ0v) is 13.0. The van der Waals surface area contributed by atoms with E-state index in [-0.39, 0.29) is 10.9 Å². The zero-order chi connectivity index (χ0) is 14.6. The molecule has 0 spiro atoms. The minimum atomic E-state index is -3.46. The van der Waals surface area contributed by atoms with Gasteiger partial charge in [-0.2, -0.15) is 4.31 Å². The van der Waals surface area contributed by atoms with Crippen LogP contribution >= 0.6 is 0 Å². The van der Waals surface area contributed by atoms with Gasteiger partial charge in [0.25, 0.3) is 0 Å². The molecule has 1 rings (SSSR count). The third-order valence-electron chi connectivity index (χ3n) is 3.50. The van der Waals surface area contributed by atoms with E-state index in [0.717, 1.165) is 18.4 Å². The minimum Gasteiger partial charge on any atom is -0.398 e. The summed E-state index contributed by atoms with van der Waals surface area (Å²) in [6.07, 6.45) is 1.59. The molecule has 0 aromatic heterocycles. The smallest absolute Gasteiger partial charge is 0.243 e. The van der Waals surface area contributed by atoms with Crippen LogP contribution in [0.5, 0.6) is 0 Å². The molecule has 5 heteroatoms. The van der Waals surface area contributed by atoms with Crippen LogP contribution in [0.2, 0.25) is 0 Å². The Hall–Kier alpha value is -1.07. The molecule has 0 saturated heterocycles. The molecule has 1 aromatic rings. The van der Waals surface area contributed by atoms with Crippen molar-refractivity contribution in [3.05, 3.63) is 23.8 Å². The Labute approximate surface area is 116 Å². The number of benzene rings is 1. The third-order valence-corrected chi connectivity index (χ3v) is 5.58. The Morgan fingerprint density at radius 3 is 2.32 bits per heavy atom. The zero-order valence-electron chi connectivity index (χ0n) is 12.2. The molecule has 0 heterocycles. The molecule has 2 N–H and O–H groups in total. The predicted octanol–water partition coefficient (Wildman–Crippen LogP) is 2.64. The van der Waals surface area contributed by atoms with Gasteiger partial charge in [0.05, 0.1) is 4.90 Å². The summed E-state index contributed by atoms with van der Waals surface area (Å²) in [5, 5.41) is 0. The molecule has 0 aliphatic heterocycles. The van der Waals surface area contributed by atoms with Gasteiger partial charge in [-0.15, -0.1) is 0 Å². The first-order chi connectivity index (χ1) is 8.88. The fourth-order valence-corrected chi connectivity index (χ4v) is 3.86. The average molecular weight is 284 g/mol. The summed E-state index contributed by atoms with van der Waals surface area (Å²) in [6, 6.07) is 5.00. The van der Waals surface area contributed by atoms with Crippen LogP contribution in [0.1, 0.15) is 39.7 Å². The summed E-state index contributed by atoms with van der Waals surface area (Å²) in [5.74, 6) is 0. The van der Waals surface area contributed by atoms with Gasteiger partial charge in [-0.25, -0.2) is 8.42 Å². The van der Waals surface area contributed by atoms with Gasteiger partial charge in [0.1, 0.15) is 0 Å². The lowest BCUT2D eigenvalue weighted by molar-refractivity contribution is 0.342. The number of nitrogen functional groups attached to an aromatic ring is 1. The molecule has 0 fully saturated rings. The summed E-state index contributed by atoms with van der Waals surface area (Å²) in [5.41, 5.74) is 7.42. The summed E-state index contributed by atoms with van der Waals surface area (Å²) in [4.78, 5) is 0.282. The number of anilines is 1. The van der Waals surface area contributed by atoms with Crippen molar-refractivity contribution in [3.8, 4) is 0 Å². The molecule has 0 radical (unpaired) electrons. The van der Waals surface area contributed by atoms with Crippen LogP contribution in [0.3, 0.4) is 0 Å². The SMILES string of the molecule is CCc1ccc(S(=O)(=O)N(CC)C(C)CC)cc1N. The predicted molar refractivity (Wildman–Crippen MR) is 79.6 cm³/mol. The molecule has 108 valence electrons. The van der Waals surface area contributed by atoms with Gasteiger partial charge in [-0.1, -0.05) is 26.8 Å². The minimum absolute atomic E-state index is 0.0120. The average Bonchev–Trinajstić information content (AvgIpc) is 2.38.